The maximum absolute atomic E-state index is 10.6. The van der Waals surface area contributed by atoms with E-state index >= 15 is 0 Å². The van der Waals surface area contributed by atoms with Gasteiger partial charge in [0.15, 0.2) is 0 Å². The molecule has 1 heterocycles. The molecule has 0 amide bonds. The number of nitrogens with zero attached hydrogens (tertiary/aromatic N) is 1. The van der Waals surface area contributed by atoms with Crippen LogP contribution in [0.3, 0.4) is 0 Å². The highest BCUT2D eigenvalue weighted by Crippen LogP contribution is 2.21. The van der Waals surface area contributed by atoms with Gasteiger partial charge >= 0.3 is 5.97 Å². The Hall–Kier alpha value is -1.79. The van der Waals surface area contributed by atoms with Crippen LogP contribution in [0.2, 0.25) is 0 Å². The number of hydrogen-bond acceptors (Lipinski definition) is 5. The number of aromatic nitrogens is 1. The summed E-state index contributed by atoms with van der Waals surface area (Å²) in [5.74, 6) is 0.513. The number of benzene rings is 1. The normalized spacial score (nSPS) is 12.3. The van der Waals surface area contributed by atoms with Gasteiger partial charge in [0.1, 0.15) is 12.3 Å². The first-order valence-electron chi connectivity index (χ1n) is 6.14. The quantitative estimate of drug-likeness (QED) is 0.849. The molecule has 3 N–H and O–H groups in total. The van der Waals surface area contributed by atoms with E-state index in [0.717, 1.165) is 11.3 Å². The lowest BCUT2D eigenvalue weighted by Crippen LogP contribution is -2.32. The molecule has 2 rings (SSSR count). The first-order chi connectivity index (χ1) is 9.56. The fourth-order valence-electron chi connectivity index (χ4n) is 1.56. The number of carbonyl (C=O) groups is 1. The number of thioether (sulfide) groups is 1. The van der Waals surface area contributed by atoms with E-state index in [2.05, 4.69) is 4.98 Å². The number of carboxylic acid groups (broad SMARTS) is 1. The summed E-state index contributed by atoms with van der Waals surface area (Å²) in [4.78, 5) is 15.0. The van der Waals surface area contributed by atoms with Gasteiger partial charge in [0.25, 0.3) is 0 Å². The summed E-state index contributed by atoms with van der Waals surface area (Å²) >= 11 is 1.43. The van der Waals surface area contributed by atoms with Gasteiger partial charge in [-0.25, -0.2) is 4.98 Å². The standard InChI is InChI=1S/C14H16N2O3S/c1-9-2-4-10(5-3-9)13-16-11(6-19-13)7-20-8-12(15)14(17)18/h2-6,12H,7-8,15H2,1H3,(H,17,18). The van der Waals surface area contributed by atoms with Gasteiger partial charge < -0.3 is 15.3 Å². The summed E-state index contributed by atoms with van der Waals surface area (Å²) in [7, 11) is 0. The van der Waals surface area contributed by atoms with Crippen molar-refractivity contribution in [3.8, 4) is 11.5 Å². The van der Waals surface area contributed by atoms with Crippen LogP contribution in [0.1, 0.15) is 11.3 Å². The Morgan fingerprint density at radius 2 is 2.15 bits per heavy atom. The molecule has 0 fully saturated rings. The van der Waals surface area contributed by atoms with Crippen molar-refractivity contribution in [1.29, 1.82) is 0 Å². The molecular weight excluding hydrogens is 276 g/mol. The molecule has 0 saturated carbocycles. The second-order valence-electron chi connectivity index (χ2n) is 4.47. The van der Waals surface area contributed by atoms with Gasteiger partial charge in [-0.15, -0.1) is 0 Å². The van der Waals surface area contributed by atoms with Crippen LogP contribution in [-0.4, -0.2) is 27.9 Å². The van der Waals surface area contributed by atoms with Crippen molar-refractivity contribution in [2.45, 2.75) is 18.7 Å². The zero-order valence-corrected chi connectivity index (χ0v) is 11.9. The summed E-state index contributed by atoms with van der Waals surface area (Å²) in [5.41, 5.74) is 8.31. The molecule has 0 radical (unpaired) electrons. The van der Waals surface area contributed by atoms with E-state index < -0.39 is 12.0 Å². The zero-order valence-electron chi connectivity index (χ0n) is 11.1. The minimum absolute atomic E-state index is 0.349. The number of carboxylic acids is 1. The Morgan fingerprint density at radius 1 is 1.45 bits per heavy atom. The minimum atomic E-state index is -0.988. The van der Waals surface area contributed by atoms with Crippen molar-refractivity contribution >= 4 is 17.7 Å². The van der Waals surface area contributed by atoms with E-state index in [1.807, 2.05) is 31.2 Å². The van der Waals surface area contributed by atoms with Crippen molar-refractivity contribution in [1.82, 2.24) is 4.98 Å². The number of oxazole rings is 1. The molecular formula is C14H16N2O3S. The van der Waals surface area contributed by atoms with E-state index in [0.29, 0.717) is 17.4 Å². The predicted molar refractivity (Wildman–Crippen MR) is 78.4 cm³/mol. The topological polar surface area (TPSA) is 89.3 Å². The third kappa shape index (κ3) is 3.85. The van der Waals surface area contributed by atoms with Crippen molar-refractivity contribution in [2.75, 3.05) is 5.75 Å². The highest BCUT2D eigenvalue weighted by Gasteiger charge is 2.12. The van der Waals surface area contributed by atoms with Gasteiger partial charge in [-0.2, -0.15) is 11.8 Å². The third-order valence-corrected chi connectivity index (χ3v) is 3.81. The molecule has 0 bridgehead atoms. The number of hydrogen-bond donors (Lipinski definition) is 2. The molecule has 106 valence electrons. The second kappa shape index (κ2) is 6.58. The largest absolute Gasteiger partial charge is 0.480 e. The minimum Gasteiger partial charge on any atom is -0.480 e. The van der Waals surface area contributed by atoms with E-state index in [4.69, 9.17) is 15.3 Å². The lowest BCUT2D eigenvalue weighted by atomic mass is 10.1. The summed E-state index contributed by atoms with van der Waals surface area (Å²) in [6, 6.07) is 7.07. The average molecular weight is 292 g/mol. The lowest BCUT2D eigenvalue weighted by Gasteiger charge is -2.03. The van der Waals surface area contributed by atoms with Crippen LogP contribution in [0.5, 0.6) is 0 Å². The van der Waals surface area contributed by atoms with Crippen LogP contribution < -0.4 is 5.73 Å². The SMILES string of the molecule is Cc1ccc(-c2nc(CSCC(N)C(=O)O)co2)cc1. The Morgan fingerprint density at radius 3 is 2.80 bits per heavy atom. The lowest BCUT2D eigenvalue weighted by molar-refractivity contribution is -0.137. The maximum atomic E-state index is 10.6. The highest BCUT2D eigenvalue weighted by atomic mass is 32.2. The fourth-order valence-corrected chi connectivity index (χ4v) is 2.42. The van der Waals surface area contributed by atoms with Gasteiger partial charge in [0, 0.05) is 17.1 Å². The summed E-state index contributed by atoms with van der Waals surface area (Å²) in [5, 5.41) is 8.68. The molecule has 0 aliphatic heterocycles. The molecule has 1 atom stereocenters. The molecule has 0 aliphatic carbocycles. The molecule has 0 spiro atoms. The second-order valence-corrected chi connectivity index (χ2v) is 5.50. The Bertz CT molecular complexity index is 580. The smallest absolute Gasteiger partial charge is 0.321 e. The Kier molecular flexibility index (Phi) is 4.81. The summed E-state index contributed by atoms with van der Waals surface area (Å²) < 4.78 is 5.42. The molecule has 1 aromatic heterocycles. The highest BCUT2D eigenvalue weighted by molar-refractivity contribution is 7.98. The van der Waals surface area contributed by atoms with Crippen LogP contribution in [0, 0.1) is 6.92 Å². The zero-order chi connectivity index (χ0) is 14.5. The first kappa shape index (κ1) is 14.6. The van der Waals surface area contributed by atoms with Crippen LogP contribution in [-0.2, 0) is 10.5 Å². The number of rotatable bonds is 6. The van der Waals surface area contributed by atoms with Gasteiger partial charge in [0.05, 0.1) is 5.69 Å². The average Bonchev–Trinajstić information content (AvgIpc) is 2.88. The van der Waals surface area contributed by atoms with Crippen LogP contribution in [0.4, 0.5) is 0 Å². The molecule has 2 aromatic rings. The van der Waals surface area contributed by atoms with Crippen LogP contribution in [0.25, 0.3) is 11.5 Å². The van der Waals surface area contributed by atoms with E-state index in [1.165, 1.54) is 17.3 Å². The van der Waals surface area contributed by atoms with Crippen molar-refractivity contribution in [2.24, 2.45) is 5.73 Å². The van der Waals surface area contributed by atoms with Gasteiger partial charge in [-0.05, 0) is 19.1 Å². The summed E-state index contributed by atoms with van der Waals surface area (Å²) in [6.07, 6.45) is 1.59. The molecule has 6 heteroatoms. The summed E-state index contributed by atoms with van der Waals surface area (Å²) in [6.45, 7) is 2.02. The molecule has 1 aromatic carbocycles. The number of nitrogens with two attached hydrogens (primary N) is 1. The fraction of sp³-hybridized carbons (Fsp3) is 0.286. The van der Waals surface area contributed by atoms with E-state index in [-0.39, 0.29) is 0 Å². The van der Waals surface area contributed by atoms with Crippen molar-refractivity contribution in [3.63, 3.8) is 0 Å². The number of aliphatic carboxylic acids is 1. The van der Waals surface area contributed by atoms with Crippen molar-refractivity contribution < 1.29 is 14.3 Å². The Balaban J connectivity index is 1.92. The first-order valence-corrected chi connectivity index (χ1v) is 7.29. The maximum Gasteiger partial charge on any atom is 0.321 e. The van der Waals surface area contributed by atoms with Crippen molar-refractivity contribution in [3.05, 3.63) is 41.8 Å². The molecule has 20 heavy (non-hydrogen) atoms. The van der Waals surface area contributed by atoms with Crippen LogP contribution >= 0.6 is 11.8 Å². The Labute approximate surface area is 121 Å². The molecule has 5 nitrogen and oxygen atoms in total. The van der Waals surface area contributed by atoms with Gasteiger partial charge in [-0.1, -0.05) is 17.7 Å². The number of aryl methyl sites for hydroxylation is 1. The van der Waals surface area contributed by atoms with Crippen LogP contribution in [0.15, 0.2) is 34.9 Å². The third-order valence-electron chi connectivity index (χ3n) is 2.71. The van der Waals surface area contributed by atoms with E-state index in [9.17, 15) is 4.79 Å². The predicted octanol–water partition coefficient (Wildman–Crippen LogP) is 2.30. The van der Waals surface area contributed by atoms with E-state index in [1.54, 1.807) is 6.26 Å². The van der Waals surface area contributed by atoms with Gasteiger partial charge in [-0.3, -0.25) is 4.79 Å². The molecule has 0 saturated heterocycles. The monoisotopic (exact) mass is 292 g/mol. The van der Waals surface area contributed by atoms with Gasteiger partial charge in [0.2, 0.25) is 5.89 Å². The molecule has 0 aliphatic rings. The molecule has 1 unspecified atom stereocenters.